The van der Waals surface area contributed by atoms with Crippen molar-refractivity contribution >= 4 is 22.8 Å². The van der Waals surface area contributed by atoms with E-state index in [0.717, 1.165) is 31.4 Å². The Morgan fingerprint density at radius 1 is 1.06 bits per heavy atom. The van der Waals surface area contributed by atoms with Crippen molar-refractivity contribution in [3.05, 3.63) is 59.3 Å². The van der Waals surface area contributed by atoms with Gasteiger partial charge in [0.1, 0.15) is 17.6 Å². The van der Waals surface area contributed by atoms with Crippen LogP contribution in [0.2, 0.25) is 0 Å². The molecule has 0 saturated heterocycles. The summed E-state index contributed by atoms with van der Waals surface area (Å²) in [6.45, 7) is 1.72. The highest BCUT2D eigenvalue weighted by Gasteiger charge is 2.31. The van der Waals surface area contributed by atoms with Gasteiger partial charge in [0.2, 0.25) is 0 Å². The maximum atomic E-state index is 13.3. The molecule has 1 heterocycles. The van der Waals surface area contributed by atoms with Crippen LogP contribution in [0.25, 0.3) is 10.9 Å². The van der Waals surface area contributed by atoms with Gasteiger partial charge in [-0.25, -0.2) is 0 Å². The molecule has 0 aliphatic heterocycles. The molecule has 9 heteroatoms. The first-order chi connectivity index (χ1) is 15.7. The van der Waals surface area contributed by atoms with E-state index in [1.54, 1.807) is 25.1 Å². The molecule has 0 unspecified atom stereocenters. The molecule has 174 valence electrons. The number of alkyl halides is 3. The number of hydrogen-bond acceptors (Lipinski definition) is 5. The number of methoxy groups -OCH3 is 1. The number of hydrogen-bond donors (Lipinski definition) is 0. The second kappa shape index (κ2) is 8.80. The molecule has 1 saturated carbocycles. The monoisotopic (exact) mass is 461 g/mol. The van der Waals surface area contributed by atoms with Gasteiger partial charge in [-0.3, -0.25) is 14.2 Å². The Balaban J connectivity index is 1.70. The highest BCUT2D eigenvalue weighted by Crippen LogP contribution is 2.32. The minimum Gasteiger partial charge on any atom is -0.497 e. The van der Waals surface area contributed by atoms with E-state index in [4.69, 9.17) is 9.47 Å². The number of rotatable bonds is 6. The van der Waals surface area contributed by atoms with Gasteiger partial charge in [0.25, 0.3) is 5.91 Å². The zero-order valence-corrected chi connectivity index (χ0v) is 18.1. The lowest BCUT2D eigenvalue weighted by atomic mass is 9.96. The third-order valence-electron chi connectivity index (χ3n) is 5.75. The molecule has 2 aromatic carbocycles. The van der Waals surface area contributed by atoms with Crippen molar-refractivity contribution in [3.8, 4) is 11.5 Å². The Hall–Kier alpha value is -3.49. The summed E-state index contributed by atoms with van der Waals surface area (Å²) in [7, 11) is 1.52. The van der Waals surface area contributed by atoms with Crippen molar-refractivity contribution in [2.75, 3.05) is 7.11 Å². The average Bonchev–Trinajstić information content (AvgIpc) is 3.00. The number of halogens is 3. The maximum Gasteiger partial charge on any atom is 0.573 e. The minimum atomic E-state index is -4.82. The number of fused-ring (bicyclic) bond motifs is 1. The Kier molecular flexibility index (Phi) is 6.05. The predicted octanol–water partition coefficient (Wildman–Crippen LogP) is 5.18. The van der Waals surface area contributed by atoms with Crippen LogP contribution in [0, 0.1) is 6.92 Å². The van der Waals surface area contributed by atoms with Crippen molar-refractivity contribution in [2.24, 2.45) is 0 Å². The molecule has 33 heavy (non-hydrogen) atoms. The zero-order chi connectivity index (χ0) is 23.8. The zero-order valence-electron chi connectivity index (χ0n) is 18.1. The van der Waals surface area contributed by atoms with Crippen LogP contribution >= 0.6 is 0 Å². The average molecular weight is 461 g/mol. The molecule has 3 aromatic rings. The summed E-state index contributed by atoms with van der Waals surface area (Å²) in [5.41, 5.74) is 1.91. The van der Waals surface area contributed by atoms with E-state index in [1.807, 2.05) is 0 Å². The molecule has 1 aromatic heterocycles. The Morgan fingerprint density at radius 3 is 2.30 bits per heavy atom. The third kappa shape index (κ3) is 4.81. The summed E-state index contributed by atoms with van der Waals surface area (Å²) < 4.78 is 53.4. The van der Waals surface area contributed by atoms with Crippen molar-refractivity contribution < 1.29 is 37.0 Å². The third-order valence-corrected chi connectivity index (χ3v) is 5.75. The van der Waals surface area contributed by atoms with Crippen LogP contribution in [-0.4, -0.2) is 36.0 Å². The maximum absolute atomic E-state index is 13.3. The van der Waals surface area contributed by atoms with Crippen LogP contribution in [0.1, 0.15) is 40.9 Å². The first-order valence-electron chi connectivity index (χ1n) is 10.4. The second-order valence-corrected chi connectivity index (χ2v) is 7.88. The van der Waals surface area contributed by atoms with Crippen LogP contribution in [-0.2, 0) is 16.0 Å². The lowest BCUT2D eigenvalue weighted by Crippen LogP contribution is -2.26. The number of carbonyl (C=O) groups excluding carboxylic acids is 2. The molecule has 0 spiro atoms. The summed E-state index contributed by atoms with van der Waals surface area (Å²) in [6.07, 6.45) is -2.14. The van der Waals surface area contributed by atoms with Gasteiger partial charge in [-0.05, 0) is 74.2 Å². The van der Waals surface area contributed by atoms with E-state index in [9.17, 15) is 22.8 Å². The van der Waals surface area contributed by atoms with E-state index < -0.39 is 18.0 Å². The van der Waals surface area contributed by atoms with Crippen LogP contribution in [0.4, 0.5) is 13.2 Å². The Labute approximate surface area is 187 Å². The lowest BCUT2D eigenvalue weighted by Gasteiger charge is -2.25. The molecule has 0 radical (unpaired) electrons. The summed E-state index contributed by atoms with van der Waals surface area (Å²) in [5, 5.41) is 0.669. The number of esters is 1. The summed E-state index contributed by atoms with van der Waals surface area (Å²) in [6, 6.07) is 9.86. The normalized spacial score (nSPS) is 14.1. The number of nitrogens with zero attached hydrogens (tertiary/aromatic N) is 1. The van der Waals surface area contributed by atoms with Gasteiger partial charge in [-0.2, -0.15) is 0 Å². The molecule has 1 aliphatic rings. The largest absolute Gasteiger partial charge is 0.573 e. The summed E-state index contributed by atoms with van der Waals surface area (Å²) in [5.74, 6) is -0.669. The standard InChI is InChI=1S/C24H22F3NO5/c1-14-19(13-22(29)32-16-4-3-5-16)20-12-18(31-2)10-11-21(20)28(14)23(30)15-6-8-17(9-7-15)33-24(25,26)27/h6-12,16H,3-5,13H2,1-2H3. The molecule has 0 atom stereocenters. The first-order valence-corrected chi connectivity index (χ1v) is 10.4. The predicted molar refractivity (Wildman–Crippen MR) is 114 cm³/mol. The SMILES string of the molecule is COc1ccc2c(c1)c(CC(=O)OC1CCC1)c(C)n2C(=O)c1ccc(OC(F)(F)F)cc1. The smallest absolute Gasteiger partial charge is 0.497 e. The van der Waals surface area contributed by atoms with Gasteiger partial charge < -0.3 is 14.2 Å². The lowest BCUT2D eigenvalue weighted by molar-refractivity contribution is -0.274. The molecular formula is C24H22F3NO5. The van der Waals surface area contributed by atoms with E-state index in [-0.39, 0.29) is 24.1 Å². The Morgan fingerprint density at radius 2 is 1.73 bits per heavy atom. The second-order valence-electron chi connectivity index (χ2n) is 7.88. The van der Waals surface area contributed by atoms with Crippen molar-refractivity contribution in [3.63, 3.8) is 0 Å². The minimum absolute atomic E-state index is 0.00928. The van der Waals surface area contributed by atoms with E-state index >= 15 is 0 Å². The number of benzene rings is 2. The topological polar surface area (TPSA) is 66.8 Å². The van der Waals surface area contributed by atoms with Gasteiger partial charge in [0.05, 0.1) is 19.0 Å². The van der Waals surface area contributed by atoms with Gasteiger partial charge >= 0.3 is 12.3 Å². The van der Waals surface area contributed by atoms with E-state index in [0.29, 0.717) is 27.9 Å². The van der Waals surface area contributed by atoms with Crippen LogP contribution in [0.15, 0.2) is 42.5 Å². The highest BCUT2D eigenvalue weighted by atomic mass is 19.4. The van der Waals surface area contributed by atoms with Gasteiger partial charge in [-0.15, -0.1) is 13.2 Å². The fourth-order valence-electron chi connectivity index (χ4n) is 3.86. The number of aromatic nitrogens is 1. The highest BCUT2D eigenvalue weighted by molar-refractivity contribution is 6.05. The number of carbonyl (C=O) groups is 2. The van der Waals surface area contributed by atoms with Crippen LogP contribution < -0.4 is 9.47 Å². The van der Waals surface area contributed by atoms with Crippen molar-refractivity contribution in [2.45, 2.75) is 45.1 Å². The van der Waals surface area contributed by atoms with Crippen LogP contribution in [0.5, 0.6) is 11.5 Å². The van der Waals surface area contributed by atoms with Gasteiger partial charge in [0, 0.05) is 16.6 Å². The molecule has 1 fully saturated rings. The van der Waals surface area contributed by atoms with E-state index in [1.165, 1.54) is 23.8 Å². The van der Waals surface area contributed by atoms with Gasteiger partial charge in [0.15, 0.2) is 0 Å². The molecule has 0 N–H and O–H groups in total. The fraction of sp³-hybridized carbons (Fsp3) is 0.333. The van der Waals surface area contributed by atoms with Crippen LogP contribution in [0.3, 0.4) is 0 Å². The van der Waals surface area contributed by atoms with Crippen molar-refractivity contribution in [1.82, 2.24) is 4.57 Å². The number of ether oxygens (including phenoxy) is 3. The fourth-order valence-corrected chi connectivity index (χ4v) is 3.86. The molecule has 4 rings (SSSR count). The quantitative estimate of drug-likeness (QED) is 0.473. The molecule has 6 nitrogen and oxygen atoms in total. The van der Waals surface area contributed by atoms with E-state index in [2.05, 4.69) is 4.74 Å². The summed E-state index contributed by atoms with van der Waals surface area (Å²) >= 11 is 0. The Bertz CT molecular complexity index is 1190. The molecular weight excluding hydrogens is 439 g/mol. The molecule has 0 bridgehead atoms. The first kappa shape index (κ1) is 22.7. The molecule has 0 amide bonds. The van der Waals surface area contributed by atoms with Gasteiger partial charge in [-0.1, -0.05) is 0 Å². The molecule has 1 aliphatic carbocycles. The summed E-state index contributed by atoms with van der Waals surface area (Å²) in [4.78, 5) is 25.8. The van der Waals surface area contributed by atoms with Crippen molar-refractivity contribution in [1.29, 1.82) is 0 Å².